The largest absolute Gasteiger partial charge is 0.482 e. The molecule has 1 fully saturated rings. The van der Waals surface area contributed by atoms with Gasteiger partial charge in [-0.3, -0.25) is 4.79 Å². The highest BCUT2D eigenvalue weighted by Crippen LogP contribution is 2.34. The number of rotatable bonds is 4. The molecule has 0 radical (unpaired) electrons. The first-order valence-electron chi connectivity index (χ1n) is 6.60. The molecular weight excluding hydrogens is 335 g/mol. The van der Waals surface area contributed by atoms with Gasteiger partial charge in [-0.1, -0.05) is 41.7 Å². The molecule has 0 saturated carbocycles. The van der Waals surface area contributed by atoms with E-state index in [4.69, 9.17) is 45.3 Å². The fraction of sp³-hybridized carbons (Fsp3) is 0.500. The number of carbonyl (C=O) groups is 1. The van der Waals surface area contributed by atoms with Crippen molar-refractivity contribution in [1.29, 1.82) is 0 Å². The van der Waals surface area contributed by atoms with E-state index in [2.05, 4.69) is 6.92 Å². The second-order valence-electron chi connectivity index (χ2n) is 5.57. The Labute approximate surface area is 139 Å². The summed E-state index contributed by atoms with van der Waals surface area (Å²) >= 11 is 17.7. The number of halogens is 3. The number of nitrogens with two attached hydrogens (primary N) is 1. The molecule has 116 valence electrons. The molecule has 4 nitrogen and oxygen atoms in total. The van der Waals surface area contributed by atoms with Crippen LogP contribution in [0.15, 0.2) is 12.1 Å². The van der Waals surface area contributed by atoms with Crippen molar-refractivity contribution in [3.05, 3.63) is 27.2 Å². The molecule has 1 aromatic rings. The second-order valence-corrected chi connectivity index (χ2v) is 6.79. The van der Waals surface area contributed by atoms with E-state index in [1.54, 1.807) is 4.90 Å². The summed E-state index contributed by atoms with van der Waals surface area (Å²) in [4.78, 5) is 13.9. The minimum Gasteiger partial charge on any atom is -0.482 e. The van der Waals surface area contributed by atoms with Gasteiger partial charge in [0.15, 0.2) is 6.61 Å². The Balaban J connectivity index is 1.95. The van der Waals surface area contributed by atoms with Gasteiger partial charge in [-0.05, 0) is 24.4 Å². The summed E-state index contributed by atoms with van der Waals surface area (Å²) in [5.41, 5.74) is 5.73. The van der Waals surface area contributed by atoms with E-state index in [1.165, 1.54) is 12.1 Å². The zero-order valence-corrected chi connectivity index (χ0v) is 13.9. The average molecular weight is 352 g/mol. The summed E-state index contributed by atoms with van der Waals surface area (Å²) in [6.45, 7) is 3.91. The van der Waals surface area contributed by atoms with E-state index in [0.717, 1.165) is 6.42 Å². The summed E-state index contributed by atoms with van der Waals surface area (Å²) in [5.74, 6) is 0.259. The van der Waals surface area contributed by atoms with Crippen molar-refractivity contribution in [2.45, 2.75) is 13.3 Å². The molecule has 2 N–H and O–H groups in total. The quantitative estimate of drug-likeness (QED) is 0.847. The maximum atomic E-state index is 12.1. The SMILES string of the molecule is CC1(CN)CCN(C(=O)COc2cc(Cl)c(Cl)cc2Cl)C1. The first-order chi connectivity index (χ1) is 9.84. The highest BCUT2D eigenvalue weighted by molar-refractivity contribution is 6.43. The Hall–Kier alpha value is -0.680. The molecule has 1 heterocycles. The van der Waals surface area contributed by atoms with Gasteiger partial charge in [-0.15, -0.1) is 0 Å². The standard InChI is InChI=1S/C14H17Cl3N2O2/c1-14(7-18)2-3-19(8-14)13(20)6-21-12-5-10(16)9(15)4-11(12)17/h4-5H,2-3,6-8,18H2,1H3. The summed E-state index contributed by atoms with van der Waals surface area (Å²) in [6.07, 6.45) is 0.906. The molecule has 0 aromatic heterocycles. The molecule has 1 aliphatic heterocycles. The third-order valence-electron chi connectivity index (χ3n) is 3.73. The maximum absolute atomic E-state index is 12.1. The van der Waals surface area contributed by atoms with Crippen LogP contribution in [0.4, 0.5) is 0 Å². The molecule has 0 aliphatic carbocycles. The molecule has 1 atom stereocenters. The predicted octanol–water partition coefficient (Wildman–Crippen LogP) is 3.22. The Bertz CT molecular complexity index is 553. The van der Waals surface area contributed by atoms with Gasteiger partial charge in [-0.25, -0.2) is 0 Å². The van der Waals surface area contributed by atoms with Gasteiger partial charge in [0.25, 0.3) is 5.91 Å². The lowest BCUT2D eigenvalue weighted by molar-refractivity contribution is -0.132. The minimum absolute atomic E-state index is 0.00309. The number of amides is 1. The van der Waals surface area contributed by atoms with E-state index in [0.29, 0.717) is 40.5 Å². The fourth-order valence-electron chi connectivity index (χ4n) is 2.25. The lowest BCUT2D eigenvalue weighted by atomic mass is 9.90. The molecule has 0 spiro atoms. The topological polar surface area (TPSA) is 55.6 Å². The molecule has 2 rings (SSSR count). The van der Waals surface area contributed by atoms with Crippen LogP contribution in [0.3, 0.4) is 0 Å². The second kappa shape index (κ2) is 6.61. The van der Waals surface area contributed by atoms with E-state index in [9.17, 15) is 4.79 Å². The molecule has 1 unspecified atom stereocenters. The van der Waals surface area contributed by atoms with Crippen LogP contribution in [-0.4, -0.2) is 37.0 Å². The van der Waals surface area contributed by atoms with Gasteiger partial charge >= 0.3 is 0 Å². The number of benzene rings is 1. The van der Waals surface area contributed by atoms with Crippen LogP contribution in [0, 0.1) is 5.41 Å². The van der Waals surface area contributed by atoms with Crippen molar-refractivity contribution in [3.63, 3.8) is 0 Å². The molecule has 7 heteroatoms. The lowest BCUT2D eigenvalue weighted by Crippen LogP contribution is -2.36. The first kappa shape index (κ1) is 16.7. The van der Waals surface area contributed by atoms with Crippen molar-refractivity contribution < 1.29 is 9.53 Å². The normalized spacial score (nSPS) is 21.7. The summed E-state index contributed by atoms with van der Waals surface area (Å²) < 4.78 is 5.45. The Morgan fingerprint density at radius 1 is 1.33 bits per heavy atom. The minimum atomic E-state index is -0.0886. The van der Waals surface area contributed by atoms with Crippen LogP contribution in [-0.2, 0) is 4.79 Å². The third kappa shape index (κ3) is 3.95. The smallest absolute Gasteiger partial charge is 0.260 e. The molecule has 1 aromatic carbocycles. The number of hydrogen-bond donors (Lipinski definition) is 1. The predicted molar refractivity (Wildman–Crippen MR) is 85.3 cm³/mol. The Kier molecular flexibility index (Phi) is 5.25. The van der Waals surface area contributed by atoms with Crippen molar-refractivity contribution in [1.82, 2.24) is 4.90 Å². The van der Waals surface area contributed by atoms with Crippen LogP contribution in [0.2, 0.25) is 15.1 Å². The van der Waals surface area contributed by atoms with E-state index in [1.807, 2.05) is 0 Å². The molecule has 1 aliphatic rings. The lowest BCUT2D eigenvalue weighted by Gasteiger charge is -2.22. The van der Waals surface area contributed by atoms with Crippen molar-refractivity contribution in [3.8, 4) is 5.75 Å². The van der Waals surface area contributed by atoms with Crippen molar-refractivity contribution in [2.75, 3.05) is 26.2 Å². The Morgan fingerprint density at radius 2 is 2.00 bits per heavy atom. The molecular formula is C14H17Cl3N2O2. The highest BCUT2D eigenvalue weighted by Gasteiger charge is 2.34. The van der Waals surface area contributed by atoms with Gasteiger partial charge in [-0.2, -0.15) is 0 Å². The average Bonchev–Trinajstić information content (AvgIpc) is 2.84. The number of hydrogen-bond acceptors (Lipinski definition) is 3. The maximum Gasteiger partial charge on any atom is 0.260 e. The number of likely N-dealkylation sites (tertiary alicyclic amines) is 1. The number of carbonyl (C=O) groups excluding carboxylic acids is 1. The Morgan fingerprint density at radius 3 is 2.62 bits per heavy atom. The van der Waals surface area contributed by atoms with Crippen LogP contribution >= 0.6 is 34.8 Å². The third-order valence-corrected chi connectivity index (χ3v) is 4.75. The molecule has 0 bridgehead atoms. The van der Waals surface area contributed by atoms with Gasteiger partial charge in [0.2, 0.25) is 0 Å². The molecule has 1 amide bonds. The summed E-state index contributed by atoms with van der Waals surface area (Å²) in [7, 11) is 0. The summed E-state index contributed by atoms with van der Waals surface area (Å²) in [5, 5.41) is 1.00. The zero-order chi connectivity index (χ0) is 15.6. The van der Waals surface area contributed by atoms with Gasteiger partial charge < -0.3 is 15.4 Å². The van der Waals surface area contributed by atoms with Gasteiger partial charge in [0, 0.05) is 19.2 Å². The van der Waals surface area contributed by atoms with E-state index < -0.39 is 0 Å². The van der Waals surface area contributed by atoms with E-state index >= 15 is 0 Å². The van der Waals surface area contributed by atoms with Crippen molar-refractivity contribution >= 4 is 40.7 Å². The van der Waals surface area contributed by atoms with Gasteiger partial charge in [0.1, 0.15) is 5.75 Å². The molecule has 21 heavy (non-hydrogen) atoms. The number of nitrogens with zero attached hydrogens (tertiary/aromatic N) is 1. The van der Waals surface area contributed by atoms with Crippen LogP contribution in [0.1, 0.15) is 13.3 Å². The van der Waals surface area contributed by atoms with Crippen LogP contribution in [0.5, 0.6) is 5.75 Å². The van der Waals surface area contributed by atoms with Crippen molar-refractivity contribution in [2.24, 2.45) is 11.1 Å². The van der Waals surface area contributed by atoms with E-state index in [-0.39, 0.29) is 17.9 Å². The first-order valence-corrected chi connectivity index (χ1v) is 7.73. The zero-order valence-electron chi connectivity index (χ0n) is 11.7. The summed E-state index contributed by atoms with van der Waals surface area (Å²) in [6, 6.07) is 3.00. The highest BCUT2D eigenvalue weighted by atomic mass is 35.5. The monoisotopic (exact) mass is 350 g/mol. The van der Waals surface area contributed by atoms with Crippen LogP contribution in [0.25, 0.3) is 0 Å². The molecule has 1 saturated heterocycles. The number of ether oxygens (including phenoxy) is 1. The fourth-order valence-corrected chi connectivity index (χ4v) is 2.84. The van der Waals surface area contributed by atoms with Crippen LogP contribution < -0.4 is 10.5 Å². The van der Waals surface area contributed by atoms with Gasteiger partial charge in [0.05, 0.1) is 15.1 Å².